The highest BCUT2D eigenvalue weighted by Crippen LogP contribution is 2.28. The zero-order chi connectivity index (χ0) is 16.2. The standard InChI is InChI=1S/C13H21F3N4O2.ClH/c14-13(15,16)10-2-1-9(12(22)19-10)11(21)18-5-8-20-6-3-17-4-7-20;/h9-10,17H,1-8H2,(H,18,21)(H,19,22);1H. The summed E-state index contributed by atoms with van der Waals surface area (Å²) in [7, 11) is 0. The summed E-state index contributed by atoms with van der Waals surface area (Å²) < 4.78 is 37.6. The van der Waals surface area contributed by atoms with Gasteiger partial charge in [-0.05, 0) is 12.8 Å². The molecular weight excluding hydrogens is 337 g/mol. The van der Waals surface area contributed by atoms with E-state index in [1.54, 1.807) is 0 Å². The van der Waals surface area contributed by atoms with E-state index < -0.39 is 30.0 Å². The van der Waals surface area contributed by atoms with Crippen molar-refractivity contribution >= 4 is 24.2 Å². The van der Waals surface area contributed by atoms with Crippen LogP contribution in [0.2, 0.25) is 0 Å². The molecule has 0 aliphatic carbocycles. The van der Waals surface area contributed by atoms with E-state index in [0.717, 1.165) is 26.2 Å². The Morgan fingerprint density at radius 3 is 2.48 bits per heavy atom. The molecule has 0 aromatic heterocycles. The van der Waals surface area contributed by atoms with E-state index in [-0.39, 0.29) is 25.2 Å². The molecule has 2 heterocycles. The number of nitrogens with one attached hydrogen (secondary N) is 3. The zero-order valence-electron chi connectivity index (χ0n) is 12.6. The van der Waals surface area contributed by atoms with Crippen LogP contribution < -0.4 is 16.0 Å². The average Bonchev–Trinajstić information content (AvgIpc) is 2.47. The van der Waals surface area contributed by atoms with Crippen molar-refractivity contribution < 1.29 is 22.8 Å². The summed E-state index contributed by atoms with van der Waals surface area (Å²) in [5.41, 5.74) is 0. The largest absolute Gasteiger partial charge is 0.408 e. The Kier molecular flexibility index (Phi) is 7.56. The van der Waals surface area contributed by atoms with Gasteiger partial charge < -0.3 is 16.0 Å². The first-order valence-corrected chi connectivity index (χ1v) is 7.46. The van der Waals surface area contributed by atoms with E-state index in [4.69, 9.17) is 0 Å². The molecule has 2 fully saturated rings. The summed E-state index contributed by atoms with van der Waals surface area (Å²) in [6.07, 6.45) is -4.79. The van der Waals surface area contributed by atoms with Gasteiger partial charge in [0.25, 0.3) is 0 Å². The number of hydrogen-bond donors (Lipinski definition) is 3. The van der Waals surface area contributed by atoms with Crippen LogP contribution in [0.5, 0.6) is 0 Å². The van der Waals surface area contributed by atoms with Crippen LogP contribution in [0.25, 0.3) is 0 Å². The number of piperidine rings is 1. The van der Waals surface area contributed by atoms with Gasteiger partial charge in [0, 0.05) is 39.3 Å². The Hall–Kier alpha value is -1.06. The van der Waals surface area contributed by atoms with Crippen LogP contribution in [0.3, 0.4) is 0 Å². The molecular formula is C13H22ClF3N4O2. The summed E-state index contributed by atoms with van der Waals surface area (Å²) in [6.45, 7) is 4.66. The van der Waals surface area contributed by atoms with Crippen molar-refractivity contribution in [1.29, 1.82) is 0 Å². The van der Waals surface area contributed by atoms with Crippen LogP contribution >= 0.6 is 12.4 Å². The number of halogens is 4. The van der Waals surface area contributed by atoms with Crippen molar-refractivity contribution in [1.82, 2.24) is 20.9 Å². The van der Waals surface area contributed by atoms with Gasteiger partial charge in [-0.15, -0.1) is 12.4 Å². The monoisotopic (exact) mass is 358 g/mol. The minimum Gasteiger partial charge on any atom is -0.354 e. The zero-order valence-corrected chi connectivity index (χ0v) is 13.4. The van der Waals surface area contributed by atoms with Crippen LogP contribution in [0.1, 0.15) is 12.8 Å². The molecule has 2 unspecified atom stereocenters. The maximum atomic E-state index is 12.5. The molecule has 0 bridgehead atoms. The molecule has 134 valence electrons. The van der Waals surface area contributed by atoms with Gasteiger partial charge in [-0.2, -0.15) is 13.2 Å². The van der Waals surface area contributed by atoms with E-state index in [1.807, 2.05) is 5.32 Å². The minimum atomic E-state index is -4.46. The Morgan fingerprint density at radius 2 is 1.91 bits per heavy atom. The molecule has 2 aliphatic heterocycles. The second-order valence-corrected chi connectivity index (χ2v) is 5.62. The lowest BCUT2D eigenvalue weighted by molar-refractivity contribution is -0.171. The molecule has 0 saturated carbocycles. The number of amides is 2. The Balaban J connectivity index is 0.00000264. The molecule has 2 atom stereocenters. The lowest BCUT2D eigenvalue weighted by atomic mass is 9.93. The van der Waals surface area contributed by atoms with Gasteiger partial charge in [0.1, 0.15) is 12.0 Å². The summed E-state index contributed by atoms with van der Waals surface area (Å²) in [5.74, 6) is -2.36. The van der Waals surface area contributed by atoms with Crippen molar-refractivity contribution in [3.63, 3.8) is 0 Å². The van der Waals surface area contributed by atoms with Gasteiger partial charge in [-0.1, -0.05) is 0 Å². The fourth-order valence-electron chi connectivity index (χ4n) is 2.70. The topological polar surface area (TPSA) is 73.5 Å². The highest BCUT2D eigenvalue weighted by Gasteiger charge is 2.45. The van der Waals surface area contributed by atoms with E-state index >= 15 is 0 Å². The normalized spacial score (nSPS) is 26.1. The summed E-state index contributed by atoms with van der Waals surface area (Å²) in [4.78, 5) is 25.8. The highest BCUT2D eigenvalue weighted by atomic mass is 35.5. The van der Waals surface area contributed by atoms with Gasteiger partial charge >= 0.3 is 6.18 Å². The third-order valence-electron chi connectivity index (χ3n) is 4.03. The van der Waals surface area contributed by atoms with Crippen molar-refractivity contribution in [2.45, 2.75) is 25.1 Å². The van der Waals surface area contributed by atoms with Crippen molar-refractivity contribution in [3.8, 4) is 0 Å². The molecule has 6 nitrogen and oxygen atoms in total. The summed E-state index contributed by atoms with van der Waals surface area (Å²) >= 11 is 0. The third-order valence-corrected chi connectivity index (χ3v) is 4.03. The van der Waals surface area contributed by atoms with E-state index in [0.29, 0.717) is 13.1 Å². The number of nitrogens with zero attached hydrogens (tertiary/aromatic N) is 1. The predicted octanol–water partition coefficient (Wildman–Crippen LogP) is -0.113. The fourth-order valence-corrected chi connectivity index (χ4v) is 2.70. The van der Waals surface area contributed by atoms with Crippen molar-refractivity contribution in [3.05, 3.63) is 0 Å². The lowest BCUT2D eigenvalue weighted by Gasteiger charge is -2.30. The van der Waals surface area contributed by atoms with Gasteiger partial charge in [-0.25, -0.2) is 0 Å². The molecule has 23 heavy (non-hydrogen) atoms. The molecule has 0 aromatic rings. The summed E-state index contributed by atoms with van der Waals surface area (Å²) in [6, 6.07) is -1.84. The molecule has 3 N–H and O–H groups in total. The van der Waals surface area contributed by atoms with Crippen molar-refractivity contribution in [2.24, 2.45) is 5.92 Å². The van der Waals surface area contributed by atoms with Crippen LogP contribution in [0, 0.1) is 5.92 Å². The Labute approximate surface area is 138 Å². The van der Waals surface area contributed by atoms with Crippen LogP contribution in [0.15, 0.2) is 0 Å². The second kappa shape index (κ2) is 8.70. The van der Waals surface area contributed by atoms with E-state index in [2.05, 4.69) is 15.5 Å². The van der Waals surface area contributed by atoms with Crippen LogP contribution in [0.4, 0.5) is 13.2 Å². The van der Waals surface area contributed by atoms with Gasteiger partial charge in [-0.3, -0.25) is 14.5 Å². The number of alkyl halides is 3. The number of carbonyl (C=O) groups excluding carboxylic acids is 2. The van der Waals surface area contributed by atoms with Crippen molar-refractivity contribution in [2.75, 3.05) is 39.3 Å². The smallest absolute Gasteiger partial charge is 0.354 e. The molecule has 2 saturated heterocycles. The molecule has 0 radical (unpaired) electrons. The quantitative estimate of drug-likeness (QED) is 0.613. The van der Waals surface area contributed by atoms with Crippen LogP contribution in [-0.4, -0.2) is 68.2 Å². The Morgan fingerprint density at radius 1 is 1.26 bits per heavy atom. The molecule has 2 aliphatic rings. The molecule has 0 spiro atoms. The molecule has 10 heteroatoms. The Bertz CT molecular complexity index is 417. The molecule has 2 rings (SSSR count). The first-order valence-electron chi connectivity index (χ1n) is 7.46. The first-order chi connectivity index (χ1) is 10.4. The maximum Gasteiger partial charge on any atom is 0.408 e. The number of hydrogen-bond acceptors (Lipinski definition) is 4. The maximum absolute atomic E-state index is 12.5. The number of piperazine rings is 1. The fraction of sp³-hybridized carbons (Fsp3) is 0.846. The second-order valence-electron chi connectivity index (χ2n) is 5.62. The van der Waals surface area contributed by atoms with Gasteiger partial charge in [0.05, 0.1) is 0 Å². The third kappa shape index (κ3) is 5.82. The SMILES string of the molecule is Cl.O=C(NCCN1CCNCC1)C1CCC(C(F)(F)F)NC1=O. The summed E-state index contributed by atoms with van der Waals surface area (Å²) in [5, 5.41) is 7.74. The average molecular weight is 359 g/mol. The van der Waals surface area contributed by atoms with Crippen LogP contribution in [-0.2, 0) is 9.59 Å². The van der Waals surface area contributed by atoms with E-state index in [1.165, 1.54) is 0 Å². The predicted molar refractivity (Wildman–Crippen MR) is 80.3 cm³/mol. The molecule has 2 amide bonds. The number of rotatable bonds is 4. The minimum absolute atomic E-state index is 0. The lowest BCUT2D eigenvalue weighted by Crippen LogP contribution is -2.55. The van der Waals surface area contributed by atoms with E-state index in [9.17, 15) is 22.8 Å². The molecule has 0 aromatic carbocycles. The first kappa shape index (κ1) is 20.0. The highest BCUT2D eigenvalue weighted by molar-refractivity contribution is 6.00. The van der Waals surface area contributed by atoms with Gasteiger partial charge in [0.15, 0.2) is 0 Å². The number of carbonyl (C=O) groups is 2. The van der Waals surface area contributed by atoms with Gasteiger partial charge in [0.2, 0.25) is 11.8 Å².